The Bertz CT molecular complexity index is 2320. The number of hydrogen-bond acceptors (Lipinski definition) is 9. The number of aromatic nitrogens is 9. The van der Waals surface area contributed by atoms with Crippen molar-refractivity contribution < 1.29 is 26.9 Å². The summed E-state index contributed by atoms with van der Waals surface area (Å²) in [7, 11) is 3.47. The van der Waals surface area contributed by atoms with Gasteiger partial charge in [-0.1, -0.05) is 17.3 Å². The Morgan fingerprint density at radius 2 is 1.44 bits per heavy atom. The molecule has 52 heavy (non-hydrogen) atoms. The van der Waals surface area contributed by atoms with Crippen LogP contribution in [0.15, 0.2) is 80.0 Å². The van der Waals surface area contributed by atoms with Crippen LogP contribution in [0.25, 0.3) is 11.1 Å². The molecule has 3 N–H and O–H groups in total. The number of H-pyrrole nitrogens is 2. The van der Waals surface area contributed by atoms with Crippen molar-refractivity contribution in [3.63, 3.8) is 0 Å². The van der Waals surface area contributed by atoms with Crippen LogP contribution in [0.3, 0.4) is 0 Å². The van der Waals surface area contributed by atoms with Gasteiger partial charge in [-0.25, -0.2) is 24.3 Å². The fourth-order valence-electron chi connectivity index (χ4n) is 5.32. The lowest BCUT2D eigenvalue weighted by Gasteiger charge is -2.14. The zero-order valence-electron chi connectivity index (χ0n) is 27.5. The van der Waals surface area contributed by atoms with E-state index in [-0.39, 0.29) is 53.9 Å². The summed E-state index contributed by atoms with van der Waals surface area (Å²) >= 11 is 3.25. The maximum atomic E-state index is 14.7. The number of aryl methyl sites for hydroxylation is 2. The molecule has 0 saturated heterocycles. The molecule has 1 fully saturated rings. The molecule has 0 unspecified atom stereocenters. The predicted molar refractivity (Wildman–Crippen MR) is 181 cm³/mol. The standard InChI is InChI=1S/C24H20F4N6O3.C9H9BrN4O/c1-34-12-15(22(36)32-34)7-19-29-10-16(11-30-19)13-2-3-14(17(25)6-13)8-21(35)31-20-9-18(37-33-20)23(4-5-23)24(26,27)28;1-14-5-6(9(15)13-14)2-8-11-3-7(10)4-12-8/h2-3,6,9-12H,4-5,7-8H2,1H3,(H,32,36)(H,31,33,35);3-5H,2H2,1H3,(H,13,15). The van der Waals surface area contributed by atoms with Crippen molar-refractivity contribution in [2.24, 2.45) is 14.1 Å². The SMILES string of the molecule is Cn1cc(Cc2ncc(-c3ccc(CC(=O)Nc4cc(C5(C(F)(F)F)CC5)on4)c(F)c3)cn2)c(=O)[nH]1.Cn1cc(Cc2ncc(Br)cn2)c(=O)[nH]1. The maximum absolute atomic E-state index is 14.7. The van der Waals surface area contributed by atoms with E-state index in [2.05, 4.69) is 56.5 Å². The zero-order chi connectivity index (χ0) is 37.2. The van der Waals surface area contributed by atoms with Gasteiger partial charge in [0.05, 0.1) is 10.9 Å². The van der Waals surface area contributed by atoms with Gasteiger partial charge in [0.25, 0.3) is 11.1 Å². The fourth-order valence-corrected chi connectivity index (χ4v) is 5.52. The number of nitrogens with one attached hydrogen (secondary N) is 3. The number of benzene rings is 1. The van der Waals surface area contributed by atoms with Crippen molar-refractivity contribution in [2.75, 3.05) is 5.32 Å². The average molecular weight is 786 g/mol. The van der Waals surface area contributed by atoms with Gasteiger partial charge >= 0.3 is 6.18 Å². The van der Waals surface area contributed by atoms with Crippen LogP contribution in [0.1, 0.15) is 46.9 Å². The molecule has 270 valence electrons. The van der Waals surface area contributed by atoms with Gasteiger partial charge in [-0.2, -0.15) is 13.2 Å². The number of anilines is 1. The summed E-state index contributed by atoms with van der Waals surface area (Å²) in [6, 6.07) is 5.31. The average Bonchev–Trinajstić information content (AvgIpc) is 3.55. The van der Waals surface area contributed by atoms with E-state index in [0.717, 1.165) is 10.5 Å². The molecule has 1 aromatic carbocycles. The van der Waals surface area contributed by atoms with Crippen molar-refractivity contribution in [3.05, 3.63) is 127 Å². The highest BCUT2D eigenvalue weighted by Crippen LogP contribution is 2.59. The molecular formula is C33H29BrF4N10O4. The molecule has 6 aromatic rings. The van der Waals surface area contributed by atoms with Crippen LogP contribution in [0, 0.1) is 5.82 Å². The minimum absolute atomic E-state index is 0.0831. The molecular weight excluding hydrogens is 756 g/mol. The third kappa shape index (κ3) is 8.25. The first-order valence-corrected chi connectivity index (χ1v) is 16.4. The largest absolute Gasteiger partial charge is 0.401 e. The molecule has 1 aliphatic carbocycles. The van der Waals surface area contributed by atoms with E-state index in [1.165, 1.54) is 29.2 Å². The van der Waals surface area contributed by atoms with E-state index >= 15 is 0 Å². The van der Waals surface area contributed by atoms with Crippen LogP contribution in [0.4, 0.5) is 23.4 Å². The number of aromatic amines is 2. The van der Waals surface area contributed by atoms with Gasteiger partial charge in [0.1, 0.15) is 22.9 Å². The summed E-state index contributed by atoms with van der Waals surface area (Å²) in [5.41, 5.74) is -0.0922. The van der Waals surface area contributed by atoms with Crippen molar-refractivity contribution in [3.8, 4) is 11.1 Å². The number of alkyl halides is 3. The van der Waals surface area contributed by atoms with E-state index in [1.54, 1.807) is 49.6 Å². The van der Waals surface area contributed by atoms with Crippen LogP contribution in [0.2, 0.25) is 0 Å². The van der Waals surface area contributed by atoms with Gasteiger partial charge in [0, 0.05) is 86.9 Å². The third-order valence-corrected chi connectivity index (χ3v) is 8.60. The summed E-state index contributed by atoms with van der Waals surface area (Å²) in [6.45, 7) is 0. The molecule has 5 aromatic heterocycles. The van der Waals surface area contributed by atoms with Crippen LogP contribution in [0.5, 0.6) is 0 Å². The second-order valence-electron chi connectivity index (χ2n) is 12.2. The molecule has 1 saturated carbocycles. The van der Waals surface area contributed by atoms with Gasteiger partial charge < -0.3 is 9.84 Å². The number of hydrogen-bond donors (Lipinski definition) is 3. The Balaban J connectivity index is 0.000000258. The summed E-state index contributed by atoms with van der Waals surface area (Å²) < 4.78 is 63.2. The fraction of sp³-hybridized carbons (Fsp3) is 0.273. The summed E-state index contributed by atoms with van der Waals surface area (Å²) in [5.74, 6) is -0.769. The second kappa shape index (κ2) is 14.5. The lowest BCUT2D eigenvalue weighted by Crippen LogP contribution is -2.28. The van der Waals surface area contributed by atoms with E-state index in [9.17, 15) is 31.9 Å². The van der Waals surface area contributed by atoms with Gasteiger partial charge in [-0.3, -0.25) is 33.9 Å². The lowest BCUT2D eigenvalue weighted by atomic mass is 10.0. The van der Waals surface area contributed by atoms with E-state index in [0.29, 0.717) is 40.3 Å². The molecule has 0 radical (unpaired) electrons. The van der Waals surface area contributed by atoms with Gasteiger partial charge in [0.2, 0.25) is 5.91 Å². The molecule has 0 bridgehead atoms. The van der Waals surface area contributed by atoms with Crippen LogP contribution in [-0.4, -0.2) is 56.7 Å². The number of rotatable bonds is 9. The highest BCUT2D eigenvalue weighted by Gasteiger charge is 2.66. The molecule has 14 nitrogen and oxygen atoms in total. The molecule has 7 rings (SSSR count). The number of halogens is 5. The highest BCUT2D eigenvalue weighted by molar-refractivity contribution is 9.10. The number of carbonyl (C=O) groups is 1. The summed E-state index contributed by atoms with van der Waals surface area (Å²) in [4.78, 5) is 52.2. The first-order valence-electron chi connectivity index (χ1n) is 15.6. The van der Waals surface area contributed by atoms with Crippen LogP contribution < -0.4 is 16.4 Å². The molecule has 1 aliphatic rings. The molecule has 19 heteroatoms. The summed E-state index contributed by atoms with van der Waals surface area (Å²) in [5, 5.41) is 11.1. The van der Waals surface area contributed by atoms with Gasteiger partial charge in [-0.15, -0.1) is 0 Å². The van der Waals surface area contributed by atoms with Gasteiger partial charge in [-0.05, 0) is 46.0 Å². The van der Waals surface area contributed by atoms with Gasteiger partial charge in [0.15, 0.2) is 11.6 Å². The van der Waals surface area contributed by atoms with Crippen LogP contribution in [-0.2, 0) is 43.6 Å². The first kappa shape index (κ1) is 36.1. The van der Waals surface area contributed by atoms with E-state index < -0.39 is 23.3 Å². The molecule has 1 amide bonds. The Hall–Kier alpha value is -5.72. The number of nitrogens with zero attached hydrogens (tertiary/aromatic N) is 7. The second-order valence-corrected chi connectivity index (χ2v) is 13.1. The smallest absolute Gasteiger partial charge is 0.358 e. The quantitative estimate of drug-likeness (QED) is 0.178. The minimum atomic E-state index is -4.47. The zero-order valence-corrected chi connectivity index (χ0v) is 29.0. The van der Waals surface area contributed by atoms with E-state index in [1.807, 2.05) is 0 Å². The molecule has 0 atom stereocenters. The minimum Gasteiger partial charge on any atom is -0.358 e. The third-order valence-electron chi connectivity index (χ3n) is 8.19. The van der Waals surface area contributed by atoms with Crippen molar-refractivity contribution in [1.82, 2.24) is 44.7 Å². The normalized spacial score (nSPS) is 13.4. The number of carbonyl (C=O) groups excluding carboxylic acids is 1. The molecule has 0 aliphatic heterocycles. The predicted octanol–water partition coefficient (Wildman–Crippen LogP) is 4.52. The number of amides is 1. The molecule has 0 spiro atoms. The summed E-state index contributed by atoms with van der Waals surface area (Å²) in [6.07, 6.45) is 5.41. The van der Waals surface area contributed by atoms with E-state index in [4.69, 9.17) is 4.52 Å². The Morgan fingerprint density at radius 3 is 1.92 bits per heavy atom. The Kier molecular flexibility index (Phi) is 10.1. The Labute approximate surface area is 299 Å². The first-order chi connectivity index (χ1) is 24.7. The monoisotopic (exact) mass is 784 g/mol. The highest BCUT2D eigenvalue weighted by atomic mass is 79.9. The van der Waals surface area contributed by atoms with Crippen molar-refractivity contribution >= 4 is 27.7 Å². The Morgan fingerprint density at radius 1 is 0.885 bits per heavy atom. The lowest BCUT2D eigenvalue weighted by molar-refractivity contribution is -0.165. The topological polar surface area (TPSA) is 182 Å². The van der Waals surface area contributed by atoms with Crippen molar-refractivity contribution in [1.29, 1.82) is 0 Å². The molecule has 5 heterocycles. The maximum Gasteiger partial charge on any atom is 0.401 e. The van der Waals surface area contributed by atoms with Crippen molar-refractivity contribution in [2.45, 2.75) is 43.7 Å². The van der Waals surface area contributed by atoms with Crippen LogP contribution >= 0.6 is 15.9 Å².